The second kappa shape index (κ2) is 5.23. The molecule has 0 fully saturated rings. The smallest absolute Gasteiger partial charge is 0.0553 e. The molecule has 0 spiro atoms. The van der Waals surface area contributed by atoms with Gasteiger partial charge < -0.3 is 0 Å². The Morgan fingerprint density at radius 2 is 1.62 bits per heavy atom. The summed E-state index contributed by atoms with van der Waals surface area (Å²) >= 11 is 0. The molecule has 0 amide bonds. The first-order valence-corrected chi connectivity index (χ1v) is 7.18. The molecule has 1 radical (unpaired) electrons. The molecule has 1 atom stereocenters. The first-order valence-electron chi connectivity index (χ1n) is 5.19. The van der Waals surface area contributed by atoms with Crippen LogP contribution in [0.5, 0.6) is 0 Å². The fraction of sp³-hybridized carbons (Fsp3) is 0.500. The van der Waals surface area contributed by atoms with E-state index >= 15 is 0 Å². The quantitative estimate of drug-likeness (QED) is 0.634. The van der Waals surface area contributed by atoms with Crippen molar-refractivity contribution < 1.29 is 0 Å². The number of hydrogen-bond donors (Lipinski definition) is 0. The molecule has 0 aliphatic carbocycles. The highest BCUT2D eigenvalue weighted by molar-refractivity contribution is 6.60. The molecule has 1 unspecified atom stereocenters. The summed E-state index contributed by atoms with van der Waals surface area (Å²) in [4.78, 5) is 0. The van der Waals surface area contributed by atoms with E-state index in [1.165, 1.54) is 17.7 Å². The summed E-state index contributed by atoms with van der Waals surface area (Å²) in [6, 6.07) is 13.7. The first kappa shape index (κ1) is 10.5. The molecular formula is C12H19Si. The number of hydrogen-bond acceptors (Lipinski definition) is 0. The third-order valence-electron chi connectivity index (χ3n) is 2.82. The van der Waals surface area contributed by atoms with Crippen LogP contribution in [0.15, 0.2) is 30.3 Å². The molecule has 0 saturated carbocycles. The highest BCUT2D eigenvalue weighted by Crippen LogP contribution is 2.22. The van der Waals surface area contributed by atoms with Gasteiger partial charge in [0.15, 0.2) is 0 Å². The Kier molecular flexibility index (Phi) is 4.23. The van der Waals surface area contributed by atoms with Gasteiger partial charge in [-0.2, -0.15) is 0 Å². The molecule has 1 aromatic rings. The summed E-state index contributed by atoms with van der Waals surface area (Å²) in [6.45, 7) is 7.05. The molecule has 71 valence electrons. The van der Waals surface area contributed by atoms with Gasteiger partial charge in [0.05, 0.1) is 8.80 Å². The average molecular weight is 191 g/mol. The molecule has 1 aromatic carbocycles. The summed E-state index contributed by atoms with van der Waals surface area (Å²) in [7, 11) is -0.153. The van der Waals surface area contributed by atoms with E-state index in [-0.39, 0.29) is 8.80 Å². The van der Waals surface area contributed by atoms with Crippen molar-refractivity contribution in [2.75, 3.05) is 0 Å². The Hall–Kier alpha value is -0.563. The van der Waals surface area contributed by atoms with E-state index in [1.54, 1.807) is 0 Å². The molecular weight excluding hydrogens is 172 g/mol. The monoisotopic (exact) mass is 191 g/mol. The van der Waals surface area contributed by atoms with E-state index in [9.17, 15) is 0 Å². The summed E-state index contributed by atoms with van der Waals surface area (Å²) in [5, 5.41) is 0. The Morgan fingerprint density at radius 3 is 2.08 bits per heavy atom. The lowest BCUT2D eigenvalue weighted by atomic mass is 10.2. The van der Waals surface area contributed by atoms with Crippen LogP contribution >= 0.6 is 0 Å². The highest BCUT2D eigenvalue weighted by atomic mass is 28.3. The molecule has 0 saturated heterocycles. The minimum atomic E-state index is -0.153. The van der Waals surface area contributed by atoms with Gasteiger partial charge in [-0.3, -0.25) is 0 Å². The van der Waals surface area contributed by atoms with Crippen LogP contribution in [0.3, 0.4) is 0 Å². The summed E-state index contributed by atoms with van der Waals surface area (Å²) in [5.74, 6) is 0. The van der Waals surface area contributed by atoms with Crippen molar-refractivity contribution in [1.29, 1.82) is 0 Å². The predicted octanol–water partition coefficient (Wildman–Crippen LogP) is 3.86. The fourth-order valence-corrected chi connectivity index (χ4v) is 4.23. The van der Waals surface area contributed by atoms with Crippen molar-refractivity contribution in [2.24, 2.45) is 0 Å². The standard InChI is InChI=1S/C12H19Si/c1-4-13(5-2)11(3)12-9-7-6-8-10-12/h6-11H,4-5H2,1-3H3. The maximum atomic E-state index is 2.39. The minimum absolute atomic E-state index is 0.153. The zero-order chi connectivity index (χ0) is 9.68. The van der Waals surface area contributed by atoms with Crippen LogP contribution in [0.1, 0.15) is 31.9 Å². The second-order valence-corrected chi connectivity index (χ2v) is 7.09. The lowest BCUT2D eigenvalue weighted by molar-refractivity contribution is 1.01. The summed E-state index contributed by atoms with van der Waals surface area (Å²) in [6.07, 6.45) is 0. The van der Waals surface area contributed by atoms with Gasteiger partial charge in [-0.1, -0.05) is 63.2 Å². The molecule has 1 heteroatoms. The molecule has 0 aromatic heterocycles. The van der Waals surface area contributed by atoms with Crippen LogP contribution in [0, 0.1) is 0 Å². The Morgan fingerprint density at radius 1 is 1.08 bits per heavy atom. The number of rotatable bonds is 4. The largest absolute Gasteiger partial charge is 0.0680 e. The Labute approximate surface area is 83.6 Å². The average Bonchev–Trinajstić information content (AvgIpc) is 2.21. The van der Waals surface area contributed by atoms with Gasteiger partial charge in [-0.15, -0.1) is 0 Å². The fourth-order valence-electron chi connectivity index (χ4n) is 1.84. The second-order valence-electron chi connectivity index (χ2n) is 3.50. The molecule has 0 aliphatic heterocycles. The molecule has 0 N–H and O–H groups in total. The van der Waals surface area contributed by atoms with Gasteiger partial charge in [-0.05, 0) is 11.1 Å². The minimum Gasteiger partial charge on any atom is -0.0680 e. The maximum absolute atomic E-state index is 2.39. The van der Waals surface area contributed by atoms with Crippen molar-refractivity contribution in [3.05, 3.63) is 35.9 Å². The van der Waals surface area contributed by atoms with Gasteiger partial charge >= 0.3 is 0 Å². The van der Waals surface area contributed by atoms with Crippen LogP contribution in [-0.2, 0) is 0 Å². The van der Waals surface area contributed by atoms with Crippen LogP contribution in [-0.4, -0.2) is 8.80 Å². The summed E-state index contributed by atoms with van der Waals surface area (Å²) < 4.78 is 0. The van der Waals surface area contributed by atoms with E-state index in [4.69, 9.17) is 0 Å². The SMILES string of the molecule is CC[Si](CC)C(C)c1ccccc1. The molecule has 1 rings (SSSR count). The molecule has 0 heterocycles. The van der Waals surface area contributed by atoms with Gasteiger partial charge in [0.25, 0.3) is 0 Å². The van der Waals surface area contributed by atoms with E-state index in [0.29, 0.717) is 0 Å². The van der Waals surface area contributed by atoms with Crippen LogP contribution in [0.25, 0.3) is 0 Å². The lowest BCUT2D eigenvalue weighted by Gasteiger charge is -2.19. The van der Waals surface area contributed by atoms with Gasteiger partial charge in [0.1, 0.15) is 0 Å². The third-order valence-corrected chi connectivity index (χ3v) is 6.19. The van der Waals surface area contributed by atoms with Crippen molar-refractivity contribution in [3.63, 3.8) is 0 Å². The zero-order valence-electron chi connectivity index (χ0n) is 8.88. The van der Waals surface area contributed by atoms with Crippen molar-refractivity contribution in [3.8, 4) is 0 Å². The Balaban J connectivity index is 2.72. The Bertz CT molecular complexity index is 226. The maximum Gasteiger partial charge on any atom is 0.0553 e. The first-order chi connectivity index (χ1) is 6.29. The van der Waals surface area contributed by atoms with Gasteiger partial charge in [-0.25, -0.2) is 0 Å². The molecule has 0 nitrogen and oxygen atoms in total. The van der Waals surface area contributed by atoms with E-state index in [1.807, 2.05) is 0 Å². The number of benzene rings is 1. The molecule has 0 aliphatic rings. The van der Waals surface area contributed by atoms with Crippen molar-refractivity contribution in [1.82, 2.24) is 0 Å². The van der Waals surface area contributed by atoms with Crippen molar-refractivity contribution in [2.45, 2.75) is 38.4 Å². The van der Waals surface area contributed by atoms with Gasteiger partial charge in [0.2, 0.25) is 0 Å². The molecule has 0 bridgehead atoms. The van der Waals surface area contributed by atoms with Crippen LogP contribution in [0.2, 0.25) is 12.1 Å². The normalized spacial score (nSPS) is 13.2. The van der Waals surface area contributed by atoms with E-state index < -0.39 is 0 Å². The van der Waals surface area contributed by atoms with Crippen LogP contribution in [0.4, 0.5) is 0 Å². The highest BCUT2D eigenvalue weighted by Gasteiger charge is 2.16. The zero-order valence-corrected chi connectivity index (χ0v) is 9.88. The lowest BCUT2D eigenvalue weighted by Crippen LogP contribution is -2.18. The third kappa shape index (κ3) is 2.70. The van der Waals surface area contributed by atoms with Gasteiger partial charge in [0, 0.05) is 0 Å². The van der Waals surface area contributed by atoms with E-state index in [2.05, 4.69) is 51.1 Å². The molecule has 13 heavy (non-hydrogen) atoms. The predicted molar refractivity (Wildman–Crippen MR) is 61.6 cm³/mol. The van der Waals surface area contributed by atoms with E-state index in [0.717, 1.165) is 5.54 Å². The summed E-state index contributed by atoms with van der Waals surface area (Å²) in [5.41, 5.74) is 2.33. The topological polar surface area (TPSA) is 0 Å². The van der Waals surface area contributed by atoms with Crippen LogP contribution < -0.4 is 0 Å². The van der Waals surface area contributed by atoms with Crippen molar-refractivity contribution >= 4 is 8.80 Å².